The zero-order chi connectivity index (χ0) is 13.6. The molecule has 0 aliphatic carbocycles. The van der Waals surface area contributed by atoms with E-state index in [4.69, 9.17) is 10.00 Å². The summed E-state index contributed by atoms with van der Waals surface area (Å²) < 4.78 is 5.42. The second kappa shape index (κ2) is 7.11. The molecule has 1 heterocycles. The Morgan fingerprint density at radius 2 is 1.94 bits per heavy atom. The average Bonchev–Trinajstić information content (AvgIpc) is 2.35. The fourth-order valence-electron chi connectivity index (χ4n) is 2.60. The molecule has 3 heteroatoms. The lowest BCUT2D eigenvalue weighted by atomic mass is 9.74. The summed E-state index contributed by atoms with van der Waals surface area (Å²) in [5.41, 5.74) is 0.292. The number of rotatable bonds is 6. The van der Waals surface area contributed by atoms with Crippen LogP contribution in [0.15, 0.2) is 0 Å². The average molecular weight is 252 g/mol. The van der Waals surface area contributed by atoms with Gasteiger partial charge in [-0.2, -0.15) is 5.26 Å². The van der Waals surface area contributed by atoms with Crippen molar-refractivity contribution in [3.8, 4) is 6.07 Å². The Balaban J connectivity index is 2.34. The van der Waals surface area contributed by atoms with Crippen LogP contribution >= 0.6 is 0 Å². The lowest BCUT2D eigenvalue weighted by Gasteiger charge is -2.37. The van der Waals surface area contributed by atoms with Gasteiger partial charge in [0.1, 0.15) is 0 Å². The molecule has 1 unspecified atom stereocenters. The number of hydrogen-bond acceptors (Lipinski definition) is 3. The zero-order valence-electron chi connectivity index (χ0n) is 12.3. The Hall–Kier alpha value is -0.590. The predicted octanol–water partition coefficient (Wildman–Crippen LogP) is 2.82. The summed E-state index contributed by atoms with van der Waals surface area (Å²) in [5.74, 6) is 1.28. The SMILES string of the molecule is CC(C)C(C#N)CNCC(C)(C)C1CCOCC1. The first-order chi connectivity index (χ1) is 8.47. The van der Waals surface area contributed by atoms with Gasteiger partial charge in [0.2, 0.25) is 0 Å². The maximum atomic E-state index is 9.07. The quantitative estimate of drug-likeness (QED) is 0.790. The van der Waals surface area contributed by atoms with Gasteiger partial charge in [-0.25, -0.2) is 0 Å². The van der Waals surface area contributed by atoms with E-state index >= 15 is 0 Å². The van der Waals surface area contributed by atoms with Gasteiger partial charge in [0.25, 0.3) is 0 Å². The smallest absolute Gasteiger partial charge is 0.0671 e. The Bertz CT molecular complexity index is 275. The Labute approximate surface area is 112 Å². The van der Waals surface area contributed by atoms with Crippen molar-refractivity contribution < 1.29 is 4.74 Å². The predicted molar refractivity (Wildman–Crippen MR) is 74.1 cm³/mol. The summed E-state index contributed by atoms with van der Waals surface area (Å²) in [6.45, 7) is 12.5. The largest absolute Gasteiger partial charge is 0.381 e. The maximum Gasteiger partial charge on any atom is 0.0671 e. The molecule has 0 aromatic carbocycles. The number of hydrogen-bond donors (Lipinski definition) is 1. The van der Waals surface area contributed by atoms with Crippen LogP contribution in [0.25, 0.3) is 0 Å². The van der Waals surface area contributed by atoms with Gasteiger partial charge in [0.05, 0.1) is 12.0 Å². The number of nitrogens with zero attached hydrogens (tertiary/aromatic N) is 1. The number of nitriles is 1. The summed E-state index contributed by atoms with van der Waals surface area (Å²) in [5, 5.41) is 12.6. The molecule has 0 aromatic heterocycles. The van der Waals surface area contributed by atoms with Gasteiger partial charge in [-0.3, -0.25) is 0 Å². The molecular formula is C15H28N2O. The Morgan fingerprint density at radius 3 is 2.44 bits per heavy atom. The van der Waals surface area contributed by atoms with E-state index in [1.54, 1.807) is 0 Å². The standard InChI is InChI=1S/C15H28N2O/c1-12(2)13(9-16)10-17-11-15(3,4)14-5-7-18-8-6-14/h12-14,17H,5-8,10-11H2,1-4H3. The highest BCUT2D eigenvalue weighted by molar-refractivity contribution is 4.88. The van der Waals surface area contributed by atoms with Gasteiger partial charge in [-0.1, -0.05) is 27.7 Å². The molecule has 1 N–H and O–H groups in total. The molecule has 3 nitrogen and oxygen atoms in total. The lowest BCUT2D eigenvalue weighted by Crippen LogP contribution is -2.40. The third kappa shape index (κ3) is 4.59. The Kier molecular flexibility index (Phi) is 6.11. The van der Waals surface area contributed by atoms with Crippen LogP contribution in [0.5, 0.6) is 0 Å². The van der Waals surface area contributed by atoms with Gasteiger partial charge < -0.3 is 10.1 Å². The first-order valence-electron chi connectivity index (χ1n) is 7.15. The summed E-state index contributed by atoms with van der Waals surface area (Å²) in [7, 11) is 0. The van der Waals surface area contributed by atoms with Crippen LogP contribution in [-0.2, 0) is 4.74 Å². The molecule has 0 radical (unpaired) electrons. The zero-order valence-corrected chi connectivity index (χ0v) is 12.3. The van der Waals surface area contributed by atoms with Crippen LogP contribution in [0.2, 0.25) is 0 Å². The van der Waals surface area contributed by atoms with Crippen LogP contribution in [0, 0.1) is 34.5 Å². The van der Waals surface area contributed by atoms with E-state index in [2.05, 4.69) is 39.1 Å². The minimum Gasteiger partial charge on any atom is -0.381 e. The molecule has 1 atom stereocenters. The van der Waals surface area contributed by atoms with Crippen molar-refractivity contribution in [3.63, 3.8) is 0 Å². The van der Waals surface area contributed by atoms with Crippen molar-refractivity contribution in [3.05, 3.63) is 0 Å². The molecule has 0 amide bonds. The van der Waals surface area contributed by atoms with Gasteiger partial charge >= 0.3 is 0 Å². The van der Waals surface area contributed by atoms with Crippen molar-refractivity contribution in [2.75, 3.05) is 26.3 Å². The maximum absolute atomic E-state index is 9.07. The first kappa shape index (κ1) is 15.5. The van der Waals surface area contributed by atoms with E-state index in [0.717, 1.165) is 32.2 Å². The molecular weight excluding hydrogens is 224 g/mol. The molecule has 0 saturated carbocycles. The highest BCUT2D eigenvalue weighted by atomic mass is 16.5. The molecule has 1 aliphatic heterocycles. The van der Waals surface area contributed by atoms with Gasteiger partial charge in [-0.05, 0) is 30.1 Å². The van der Waals surface area contributed by atoms with Crippen molar-refractivity contribution in [1.29, 1.82) is 5.26 Å². The van der Waals surface area contributed by atoms with Gasteiger partial charge in [0.15, 0.2) is 0 Å². The van der Waals surface area contributed by atoms with Gasteiger partial charge in [0, 0.05) is 26.3 Å². The third-order valence-electron chi connectivity index (χ3n) is 4.24. The molecule has 1 fully saturated rings. The van der Waals surface area contributed by atoms with E-state index in [0.29, 0.717) is 11.3 Å². The van der Waals surface area contributed by atoms with Gasteiger partial charge in [-0.15, -0.1) is 0 Å². The van der Waals surface area contributed by atoms with Crippen molar-refractivity contribution in [1.82, 2.24) is 5.32 Å². The summed E-state index contributed by atoms with van der Waals surface area (Å²) in [4.78, 5) is 0. The van der Waals surface area contributed by atoms with Crippen LogP contribution in [-0.4, -0.2) is 26.3 Å². The fraction of sp³-hybridized carbons (Fsp3) is 0.933. The minimum atomic E-state index is 0.121. The summed E-state index contributed by atoms with van der Waals surface area (Å²) >= 11 is 0. The highest BCUT2D eigenvalue weighted by Crippen LogP contribution is 2.33. The molecule has 0 spiro atoms. The molecule has 0 aromatic rings. The topological polar surface area (TPSA) is 45.0 Å². The van der Waals surface area contributed by atoms with Crippen LogP contribution < -0.4 is 5.32 Å². The Morgan fingerprint density at radius 1 is 1.33 bits per heavy atom. The van der Waals surface area contributed by atoms with E-state index in [9.17, 15) is 0 Å². The molecule has 1 rings (SSSR count). The van der Waals surface area contributed by atoms with E-state index < -0.39 is 0 Å². The summed E-state index contributed by atoms with van der Waals surface area (Å²) in [6.07, 6.45) is 2.33. The molecule has 0 bridgehead atoms. The van der Waals surface area contributed by atoms with Crippen LogP contribution in [0.1, 0.15) is 40.5 Å². The number of ether oxygens (including phenoxy) is 1. The monoisotopic (exact) mass is 252 g/mol. The van der Waals surface area contributed by atoms with Crippen molar-refractivity contribution in [2.45, 2.75) is 40.5 Å². The van der Waals surface area contributed by atoms with E-state index in [-0.39, 0.29) is 5.92 Å². The molecule has 18 heavy (non-hydrogen) atoms. The third-order valence-corrected chi connectivity index (χ3v) is 4.24. The highest BCUT2D eigenvalue weighted by Gasteiger charge is 2.30. The molecule has 104 valence electrons. The van der Waals surface area contributed by atoms with E-state index in [1.165, 1.54) is 12.8 Å². The summed E-state index contributed by atoms with van der Waals surface area (Å²) in [6, 6.07) is 2.38. The van der Waals surface area contributed by atoms with Crippen molar-refractivity contribution in [2.24, 2.45) is 23.2 Å². The fourth-order valence-corrected chi connectivity index (χ4v) is 2.60. The molecule has 1 aliphatic rings. The molecule has 1 saturated heterocycles. The second-order valence-electron chi connectivity index (χ2n) is 6.49. The first-order valence-corrected chi connectivity index (χ1v) is 7.15. The minimum absolute atomic E-state index is 0.121. The van der Waals surface area contributed by atoms with E-state index in [1.807, 2.05) is 0 Å². The van der Waals surface area contributed by atoms with Crippen molar-refractivity contribution >= 4 is 0 Å². The van der Waals surface area contributed by atoms with Crippen LogP contribution in [0.3, 0.4) is 0 Å². The normalized spacial score (nSPS) is 19.8. The number of nitrogens with one attached hydrogen (secondary N) is 1. The second-order valence-corrected chi connectivity index (χ2v) is 6.49. The lowest BCUT2D eigenvalue weighted by molar-refractivity contribution is 0.0226. The van der Waals surface area contributed by atoms with Crippen LogP contribution in [0.4, 0.5) is 0 Å².